The maximum Gasteiger partial charge on any atom is 0.233 e. The van der Waals surface area contributed by atoms with Gasteiger partial charge in [0, 0.05) is 26.1 Å². The van der Waals surface area contributed by atoms with Crippen molar-refractivity contribution in [2.75, 3.05) is 29.9 Å². The molecule has 2 aliphatic heterocycles. The standard InChI is InChI=1S/C22H29N3O3/c26-20(12-15-25-21(27)16-8-2-3-9-17(16)22(25)28)23-18-10-4-5-11-19(18)24-13-6-1-7-14-24/h4-5,10-11,16-17H,1-3,6-9,12-15H2,(H,23,26)/t16-,17-/m0/s1. The maximum absolute atomic E-state index is 12.6. The Morgan fingerprint density at radius 1 is 0.929 bits per heavy atom. The second-order valence-corrected chi connectivity index (χ2v) is 8.19. The lowest BCUT2D eigenvalue weighted by molar-refractivity contribution is -0.140. The first-order valence-electron chi connectivity index (χ1n) is 10.6. The number of hydrogen-bond acceptors (Lipinski definition) is 4. The molecule has 1 aromatic carbocycles. The highest BCUT2D eigenvalue weighted by atomic mass is 16.2. The summed E-state index contributed by atoms with van der Waals surface area (Å²) in [5, 5.41) is 2.99. The number of carbonyl (C=O) groups is 3. The van der Waals surface area contributed by atoms with Crippen LogP contribution in [0, 0.1) is 11.8 Å². The molecule has 6 nitrogen and oxygen atoms in total. The summed E-state index contributed by atoms with van der Waals surface area (Å²) in [6, 6.07) is 7.87. The van der Waals surface area contributed by atoms with Crippen LogP contribution in [0.5, 0.6) is 0 Å². The van der Waals surface area contributed by atoms with E-state index in [4.69, 9.17) is 0 Å². The van der Waals surface area contributed by atoms with Crippen LogP contribution in [0.2, 0.25) is 0 Å². The third kappa shape index (κ3) is 3.77. The van der Waals surface area contributed by atoms with E-state index in [0.717, 1.165) is 50.1 Å². The highest BCUT2D eigenvalue weighted by Gasteiger charge is 2.47. The van der Waals surface area contributed by atoms with Crippen LogP contribution in [-0.4, -0.2) is 42.3 Å². The number of nitrogens with zero attached hydrogens (tertiary/aromatic N) is 2. The number of anilines is 2. The predicted molar refractivity (Wildman–Crippen MR) is 108 cm³/mol. The van der Waals surface area contributed by atoms with Gasteiger partial charge < -0.3 is 10.2 Å². The fourth-order valence-corrected chi connectivity index (χ4v) is 4.87. The SMILES string of the molecule is O=C(CCN1C(=O)[C@H]2CCCC[C@@H]2C1=O)Nc1ccccc1N1CCCCC1. The zero-order valence-corrected chi connectivity index (χ0v) is 16.4. The minimum Gasteiger partial charge on any atom is -0.370 e. The number of carbonyl (C=O) groups excluding carboxylic acids is 3. The van der Waals surface area contributed by atoms with Crippen LogP contribution in [0.15, 0.2) is 24.3 Å². The highest BCUT2D eigenvalue weighted by Crippen LogP contribution is 2.38. The summed E-state index contributed by atoms with van der Waals surface area (Å²) in [6.07, 6.45) is 7.38. The molecular formula is C22H29N3O3. The molecule has 28 heavy (non-hydrogen) atoms. The van der Waals surface area contributed by atoms with Crippen molar-refractivity contribution < 1.29 is 14.4 Å². The number of para-hydroxylation sites is 2. The van der Waals surface area contributed by atoms with E-state index in [1.807, 2.05) is 24.3 Å². The molecule has 0 bridgehead atoms. The van der Waals surface area contributed by atoms with Gasteiger partial charge >= 0.3 is 0 Å². The molecule has 1 N–H and O–H groups in total. The van der Waals surface area contributed by atoms with Gasteiger partial charge in [0.15, 0.2) is 0 Å². The van der Waals surface area contributed by atoms with E-state index < -0.39 is 0 Å². The van der Waals surface area contributed by atoms with E-state index in [9.17, 15) is 14.4 Å². The van der Waals surface area contributed by atoms with Crippen LogP contribution in [-0.2, 0) is 14.4 Å². The van der Waals surface area contributed by atoms with Crippen molar-refractivity contribution in [3.05, 3.63) is 24.3 Å². The second kappa shape index (κ2) is 8.33. The van der Waals surface area contributed by atoms with E-state index in [-0.39, 0.29) is 42.5 Å². The van der Waals surface area contributed by atoms with Gasteiger partial charge in [-0.3, -0.25) is 19.3 Å². The number of hydrogen-bond donors (Lipinski definition) is 1. The Labute approximate surface area is 166 Å². The zero-order chi connectivity index (χ0) is 19.5. The molecule has 3 fully saturated rings. The Hall–Kier alpha value is -2.37. The van der Waals surface area contributed by atoms with E-state index in [1.165, 1.54) is 24.2 Å². The average Bonchev–Trinajstić information content (AvgIpc) is 2.98. The molecular weight excluding hydrogens is 354 g/mol. The fraction of sp³-hybridized carbons (Fsp3) is 0.591. The molecule has 2 atom stereocenters. The fourth-order valence-electron chi connectivity index (χ4n) is 4.87. The molecule has 2 saturated heterocycles. The third-order valence-electron chi connectivity index (χ3n) is 6.37. The number of piperidine rings is 1. The quantitative estimate of drug-likeness (QED) is 0.793. The van der Waals surface area contributed by atoms with Crippen LogP contribution >= 0.6 is 0 Å². The lowest BCUT2D eigenvalue weighted by atomic mass is 9.81. The molecule has 6 heteroatoms. The molecule has 3 aliphatic rings. The number of amides is 3. The lowest BCUT2D eigenvalue weighted by Gasteiger charge is -2.30. The van der Waals surface area contributed by atoms with Crippen LogP contribution in [0.25, 0.3) is 0 Å². The first-order chi connectivity index (χ1) is 13.6. The number of imide groups is 1. The molecule has 4 rings (SSSR count). The summed E-state index contributed by atoms with van der Waals surface area (Å²) in [4.78, 5) is 41.3. The number of rotatable bonds is 5. The van der Waals surface area contributed by atoms with E-state index in [1.54, 1.807) is 0 Å². The minimum absolute atomic E-state index is 0.0729. The van der Waals surface area contributed by atoms with Gasteiger partial charge in [-0.05, 0) is 44.2 Å². The number of fused-ring (bicyclic) bond motifs is 1. The summed E-state index contributed by atoms with van der Waals surface area (Å²) in [7, 11) is 0. The third-order valence-corrected chi connectivity index (χ3v) is 6.37. The van der Waals surface area contributed by atoms with E-state index >= 15 is 0 Å². The number of likely N-dealkylation sites (tertiary alicyclic amines) is 1. The van der Waals surface area contributed by atoms with Crippen molar-refractivity contribution in [1.82, 2.24) is 4.90 Å². The number of nitrogens with one attached hydrogen (secondary N) is 1. The molecule has 1 aromatic rings. The lowest BCUT2D eigenvalue weighted by Crippen LogP contribution is -2.34. The summed E-state index contributed by atoms with van der Waals surface area (Å²) in [6.45, 7) is 2.20. The smallest absolute Gasteiger partial charge is 0.233 e. The Morgan fingerprint density at radius 2 is 1.57 bits per heavy atom. The van der Waals surface area contributed by atoms with Crippen molar-refractivity contribution in [2.24, 2.45) is 11.8 Å². The summed E-state index contributed by atoms with van der Waals surface area (Å²) < 4.78 is 0. The zero-order valence-electron chi connectivity index (χ0n) is 16.4. The highest BCUT2D eigenvalue weighted by molar-refractivity contribution is 6.05. The molecule has 3 amide bonds. The van der Waals surface area contributed by atoms with Crippen LogP contribution < -0.4 is 10.2 Å². The molecule has 0 unspecified atom stereocenters. The summed E-state index contributed by atoms with van der Waals surface area (Å²) in [5.41, 5.74) is 1.86. The Balaban J connectivity index is 1.36. The van der Waals surface area contributed by atoms with Gasteiger partial charge in [-0.15, -0.1) is 0 Å². The average molecular weight is 383 g/mol. The Morgan fingerprint density at radius 3 is 2.25 bits per heavy atom. The summed E-state index contributed by atoms with van der Waals surface area (Å²) >= 11 is 0. The van der Waals surface area contributed by atoms with Gasteiger partial charge in [-0.2, -0.15) is 0 Å². The predicted octanol–water partition coefficient (Wildman–Crippen LogP) is 3.18. The number of benzene rings is 1. The van der Waals surface area contributed by atoms with E-state index in [2.05, 4.69) is 10.2 Å². The molecule has 150 valence electrons. The first kappa shape index (κ1) is 19.0. The van der Waals surface area contributed by atoms with Crippen molar-refractivity contribution in [2.45, 2.75) is 51.4 Å². The molecule has 0 spiro atoms. The van der Waals surface area contributed by atoms with Crippen molar-refractivity contribution in [3.8, 4) is 0 Å². The van der Waals surface area contributed by atoms with Gasteiger partial charge in [0.25, 0.3) is 0 Å². The summed E-state index contributed by atoms with van der Waals surface area (Å²) in [5.74, 6) is -0.597. The largest absolute Gasteiger partial charge is 0.370 e. The van der Waals surface area contributed by atoms with Gasteiger partial charge in [-0.25, -0.2) is 0 Å². The molecule has 1 aliphatic carbocycles. The van der Waals surface area contributed by atoms with Crippen molar-refractivity contribution >= 4 is 29.1 Å². The van der Waals surface area contributed by atoms with Gasteiger partial charge in [0.05, 0.1) is 23.2 Å². The maximum atomic E-state index is 12.6. The van der Waals surface area contributed by atoms with Crippen molar-refractivity contribution in [1.29, 1.82) is 0 Å². The van der Waals surface area contributed by atoms with Crippen LogP contribution in [0.4, 0.5) is 11.4 Å². The van der Waals surface area contributed by atoms with Crippen LogP contribution in [0.1, 0.15) is 51.4 Å². The monoisotopic (exact) mass is 383 g/mol. The minimum atomic E-state index is -0.153. The van der Waals surface area contributed by atoms with Crippen LogP contribution in [0.3, 0.4) is 0 Å². The topological polar surface area (TPSA) is 69.7 Å². The first-order valence-corrected chi connectivity index (χ1v) is 10.6. The normalized spacial score (nSPS) is 25.0. The molecule has 0 radical (unpaired) electrons. The second-order valence-electron chi connectivity index (χ2n) is 8.19. The van der Waals surface area contributed by atoms with Gasteiger partial charge in [-0.1, -0.05) is 25.0 Å². The van der Waals surface area contributed by atoms with E-state index in [0.29, 0.717) is 0 Å². The molecule has 0 aromatic heterocycles. The molecule has 1 saturated carbocycles. The van der Waals surface area contributed by atoms with Gasteiger partial charge in [0.1, 0.15) is 0 Å². The molecule has 2 heterocycles. The Bertz CT molecular complexity index is 733. The van der Waals surface area contributed by atoms with Gasteiger partial charge in [0.2, 0.25) is 17.7 Å². The van der Waals surface area contributed by atoms with Crippen molar-refractivity contribution in [3.63, 3.8) is 0 Å². The Kier molecular flexibility index (Phi) is 5.64.